The van der Waals surface area contributed by atoms with Gasteiger partial charge in [-0.2, -0.15) is 0 Å². The molecule has 0 spiro atoms. The fourth-order valence-electron chi connectivity index (χ4n) is 6.89. The highest BCUT2D eigenvalue weighted by Crippen LogP contribution is 2.40. The van der Waals surface area contributed by atoms with Gasteiger partial charge in [0.15, 0.2) is 5.78 Å². The first kappa shape index (κ1) is 25.2. The van der Waals surface area contributed by atoms with Gasteiger partial charge in [0.25, 0.3) is 0 Å². The maximum Gasteiger partial charge on any atom is 0.193 e. The van der Waals surface area contributed by atoms with Crippen molar-refractivity contribution in [1.82, 2.24) is 0 Å². The SMILES string of the molecule is C[Si]1(C)c2ccccc2-c2cccc(-c3cccc(C(=O)c4cccc(-c5cccc6c5sc5ccccc56)c4)c3)c21. The minimum atomic E-state index is -1.88. The Morgan fingerprint density at radius 1 is 0.548 bits per heavy atom. The van der Waals surface area contributed by atoms with Crippen molar-refractivity contribution in [1.29, 1.82) is 0 Å². The highest BCUT2D eigenvalue weighted by atomic mass is 32.1. The molecule has 0 bridgehead atoms. The molecule has 0 saturated carbocycles. The third-order valence-corrected chi connectivity index (χ3v) is 13.6. The van der Waals surface area contributed by atoms with E-state index in [1.807, 2.05) is 35.6 Å². The monoisotopic (exact) mass is 572 g/mol. The molecular formula is C39H28OSSi. The smallest absolute Gasteiger partial charge is 0.193 e. The molecule has 1 aliphatic heterocycles. The summed E-state index contributed by atoms with van der Waals surface area (Å²) < 4.78 is 2.54. The van der Waals surface area contributed by atoms with Gasteiger partial charge < -0.3 is 0 Å². The number of rotatable bonds is 4. The molecule has 6 aromatic carbocycles. The van der Waals surface area contributed by atoms with Gasteiger partial charge in [-0.1, -0.05) is 128 Å². The van der Waals surface area contributed by atoms with Crippen LogP contribution in [0.4, 0.5) is 0 Å². The predicted molar refractivity (Wildman–Crippen MR) is 182 cm³/mol. The third-order valence-electron chi connectivity index (χ3n) is 8.86. The van der Waals surface area contributed by atoms with Gasteiger partial charge in [-0.3, -0.25) is 4.79 Å². The summed E-state index contributed by atoms with van der Waals surface area (Å²) >= 11 is 1.82. The highest BCUT2D eigenvalue weighted by Gasteiger charge is 2.39. The molecule has 1 nitrogen and oxygen atoms in total. The molecule has 0 unspecified atom stereocenters. The Bertz CT molecular complexity index is 2200. The standard InChI is InChI=1S/C39H28OSSi/c1-42(2)36-22-6-4-16-32(36)34-20-10-18-30(39(34)42)26-12-8-14-28(24-26)37(40)27-13-7-11-25(23-27)29-17-9-19-33-31-15-3-5-21-35(31)41-38(29)33/h3-24H,1-2H3. The zero-order valence-corrected chi connectivity index (χ0v) is 25.3. The average molecular weight is 573 g/mol. The van der Waals surface area contributed by atoms with Gasteiger partial charge in [0, 0.05) is 31.3 Å². The molecule has 7 aromatic rings. The summed E-state index contributed by atoms with van der Waals surface area (Å²) in [6.07, 6.45) is 0. The van der Waals surface area contributed by atoms with Crippen molar-refractivity contribution in [3.05, 3.63) is 145 Å². The summed E-state index contributed by atoms with van der Waals surface area (Å²) in [6.45, 7) is 4.89. The van der Waals surface area contributed by atoms with Crippen molar-refractivity contribution in [3.8, 4) is 33.4 Å². The van der Waals surface area contributed by atoms with Crippen molar-refractivity contribution < 1.29 is 4.79 Å². The molecule has 42 heavy (non-hydrogen) atoms. The summed E-state index contributed by atoms with van der Waals surface area (Å²) in [6, 6.07) is 46.9. The molecule has 0 radical (unpaired) electrons. The number of carbonyl (C=O) groups is 1. The van der Waals surface area contributed by atoms with Crippen LogP contribution in [0.2, 0.25) is 13.1 Å². The summed E-state index contributed by atoms with van der Waals surface area (Å²) in [5.41, 5.74) is 8.74. The number of benzene rings is 6. The van der Waals surface area contributed by atoms with Gasteiger partial charge >= 0.3 is 0 Å². The van der Waals surface area contributed by atoms with Crippen molar-refractivity contribution >= 4 is 55.7 Å². The summed E-state index contributed by atoms with van der Waals surface area (Å²) in [7, 11) is -1.88. The summed E-state index contributed by atoms with van der Waals surface area (Å²) in [5.74, 6) is 0.0505. The largest absolute Gasteiger partial charge is 0.289 e. The Balaban J connectivity index is 1.19. The van der Waals surface area contributed by atoms with E-state index >= 15 is 0 Å². The van der Waals surface area contributed by atoms with E-state index in [0.29, 0.717) is 5.56 Å². The van der Waals surface area contributed by atoms with Crippen LogP contribution in [0.25, 0.3) is 53.6 Å². The van der Waals surface area contributed by atoms with Crippen LogP contribution < -0.4 is 10.4 Å². The fourth-order valence-corrected chi connectivity index (χ4v) is 11.6. The molecule has 200 valence electrons. The zero-order valence-electron chi connectivity index (χ0n) is 23.5. The van der Waals surface area contributed by atoms with Crippen LogP contribution in [0.3, 0.4) is 0 Å². The van der Waals surface area contributed by atoms with E-state index in [1.54, 1.807) is 0 Å². The van der Waals surface area contributed by atoms with Crippen LogP contribution in [0, 0.1) is 0 Å². The molecule has 3 heteroatoms. The number of hydrogen-bond donors (Lipinski definition) is 0. The van der Waals surface area contributed by atoms with Crippen LogP contribution in [-0.4, -0.2) is 13.9 Å². The van der Waals surface area contributed by atoms with Crippen LogP contribution >= 0.6 is 11.3 Å². The van der Waals surface area contributed by atoms with E-state index in [0.717, 1.165) is 16.7 Å². The van der Waals surface area contributed by atoms with Crippen molar-refractivity contribution in [2.45, 2.75) is 13.1 Å². The van der Waals surface area contributed by atoms with Crippen molar-refractivity contribution in [2.75, 3.05) is 0 Å². The average Bonchev–Trinajstić information content (AvgIpc) is 3.53. The van der Waals surface area contributed by atoms with Crippen molar-refractivity contribution in [2.24, 2.45) is 0 Å². The van der Waals surface area contributed by atoms with Crippen LogP contribution in [0.5, 0.6) is 0 Å². The Hall–Kier alpha value is -4.57. The quantitative estimate of drug-likeness (QED) is 0.152. The van der Waals surface area contributed by atoms with Gasteiger partial charge in [-0.25, -0.2) is 0 Å². The van der Waals surface area contributed by atoms with E-state index in [1.165, 1.54) is 52.8 Å². The minimum absolute atomic E-state index is 0.0505. The fraction of sp³-hybridized carbons (Fsp3) is 0.0513. The maximum atomic E-state index is 14.0. The number of fused-ring (bicyclic) bond motifs is 6. The lowest BCUT2D eigenvalue weighted by atomic mass is 9.94. The molecule has 0 saturated heterocycles. The molecule has 2 heterocycles. The Kier molecular flexibility index (Phi) is 5.68. The molecule has 0 amide bonds. The lowest BCUT2D eigenvalue weighted by molar-refractivity contribution is 0.103. The predicted octanol–water partition coefficient (Wildman–Crippen LogP) is 9.42. The summed E-state index contributed by atoms with van der Waals surface area (Å²) in [4.78, 5) is 14.0. The Morgan fingerprint density at radius 2 is 1.12 bits per heavy atom. The maximum absolute atomic E-state index is 14.0. The topological polar surface area (TPSA) is 17.1 Å². The van der Waals surface area contributed by atoms with E-state index in [2.05, 4.69) is 122 Å². The van der Waals surface area contributed by atoms with E-state index in [-0.39, 0.29) is 5.78 Å². The number of hydrogen-bond acceptors (Lipinski definition) is 2. The number of ketones is 1. The Labute approximate surface area is 250 Å². The highest BCUT2D eigenvalue weighted by molar-refractivity contribution is 7.26. The minimum Gasteiger partial charge on any atom is -0.289 e. The molecule has 0 fully saturated rings. The second-order valence-corrected chi connectivity index (χ2v) is 17.0. The molecule has 1 aliphatic rings. The molecule has 0 aliphatic carbocycles. The second-order valence-electron chi connectivity index (χ2n) is 11.7. The van der Waals surface area contributed by atoms with Gasteiger partial charge in [0.05, 0.1) is 0 Å². The van der Waals surface area contributed by atoms with Gasteiger partial charge in [-0.05, 0) is 62.0 Å². The number of carbonyl (C=O) groups excluding carboxylic acids is 1. The molecule has 8 rings (SSSR count). The molecule has 1 aromatic heterocycles. The first-order chi connectivity index (χ1) is 20.5. The van der Waals surface area contributed by atoms with E-state index < -0.39 is 8.07 Å². The van der Waals surface area contributed by atoms with Crippen LogP contribution in [-0.2, 0) is 0 Å². The molecular weight excluding hydrogens is 545 g/mol. The Morgan fingerprint density at radius 3 is 1.93 bits per heavy atom. The van der Waals surface area contributed by atoms with E-state index in [4.69, 9.17) is 0 Å². The lowest BCUT2D eigenvalue weighted by Crippen LogP contribution is -2.50. The van der Waals surface area contributed by atoms with Crippen LogP contribution in [0.1, 0.15) is 15.9 Å². The zero-order chi connectivity index (χ0) is 28.4. The van der Waals surface area contributed by atoms with Gasteiger partial charge in [-0.15, -0.1) is 11.3 Å². The molecule has 0 atom stereocenters. The molecule has 0 N–H and O–H groups in total. The van der Waals surface area contributed by atoms with E-state index in [9.17, 15) is 4.79 Å². The number of thiophene rings is 1. The third kappa shape index (κ3) is 3.78. The summed E-state index contributed by atoms with van der Waals surface area (Å²) in [5, 5.41) is 5.51. The lowest BCUT2D eigenvalue weighted by Gasteiger charge is -2.22. The van der Waals surface area contributed by atoms with Gasteiger partial charge in [0.1, 0.15) is 8.07 Å². The first-order valence-corrected chi connectivity index (χ1v) is 18.2. The van der Waals surface area contributed by atoms with Crippen LogP contribution in [0.15, 0.2) is 133 Å². The van der Waals surface area contributed by atoms with Gasteiger partial charge in [0.2, 0.25) is 0 Å². The first-order valence-electron chi connectivity index (χ1n) is 14.4. The second kappa shape index (κ2) is 9.48. The van der Waals surface area contributed by atoms with Crippen molar-refractivity contribution in [3.63, 3.8) is 0 Å². The normalized spacial score (nSPS) is 13.3.